The zero-order valence-corrected chi connectivity index (χ0v) is 17.6. The normalized spacial score (nSPS) is 19.9. The molecule has 4 heteroatoms. The molecule has 1 unspecified atom stereocenters. The van der Waals surface area contributed by atoms with Gasteiger partial charge in [-0.2, -0.15) is 0 Å². The van der Waals surface area contributed by atoms with Crippen LogP contribution in [0.3, 0.4) is 0 Å². The number of hydrogen-bond donors (Lipinski definition) is 0. The van der Waals surface area contributed by atoms with E-state index >= 15 is 0 Å². The van der Waals surface area contributed by atoms with E-state index in [9.17, 15) is 17.6 Å². The Hall–Kier alpha value is -2.62. The smallest absolute Gasteiger partial charge is 0.159 e. The second-order valence-electron chi connectivity index (χ2n) is 8.75. The van der Waals surface area contributed by atoms with Crippen molar-refractivity contribution in [2.75, 3.05) is 0 Å². The Morgan fingerprint density at radius 3 is 2.00 bits per heavy atom. The van der Waals surface area contributed by atoms with Crippen molar-refractivity contribution in [3.63, 3.8) is 0 Å². The highest BCUT2D eigenvalue weighted by molar-refractivity contribution is 5.65. The fourth-order valence-corrected chi connectivity index (χ4v) is 4.90. The molecule has 1 aliphatic rings. The molecule has 0 saturated heterocycles. The quantitative estimate of drug-likeness (QED) is 0.359. The first-order valence-corrected chi connectivity index (χ1v) is 10.9. The SMILES string of the molecule is CC(CC1CCC(c2cc(F)c(-c3ccc(F)c(F)c3)c(F)c2)CC1)c1ccccc1. The Balaban J connectivity index is 1.43. The van der Waals surface area contributed by atoms with Gasteiger partial charge in [0.1, 0.15) is 11.6 Å². The van der Waals surface area contributed by atoms with Gasteiger partial charge in [0.05, 0.1) is 5.56 Å². The van der Waals surface area contributed by atoms with E-state index in [-0.39, 0.29) is 17.0 Å². The van der Waals surface area contributed by atoms with Gasteiger partial charge >= 0.3 is 0 Å². The van der Waals surface area contributed by atoms with Crippen LogP contribution in [0, 0.1) is 29.2 Å². The van der Waals surface area contributed by atoms with Crippen molar-refractivity contribution in [3.8, 4) is 11.1 Å². The lowest BCUT2D eigenvalue weighted by Crippen LogP contribution is -2.15. The second-order valence-corrected chi connectivity index (χ2v) is 8.75. The van der Waals surface area contributed by atoms with Crippen molar-refractivity contribution in [1.82, 2.24) is 0 Å². The molecule has 31 heavy (non-hydrogen) atoms. The average Bonchev–Trinajstić information content (AvgIpc) is 2.77. The van der Waals surface area contributed by atoms with Gasteiger partial charge in [-0.05, 0) is 90.8 Å². The highest BCUT2D eigenvalue weighted by atomic mass is 19.2. The number of rotatable bonds is 5. The number of benzene rings is 3. The molecule has 1 saturated carbocycles. The van der Waals surface area contributed by atoms with E-state index < -0.39 is 23.3 Å². The zero-order valence-electron chi connectivity index (χ0n) is 17.6. The van der Waals surface area contributed by atoms with E-state index in [2.05, 4.69) is 31.2 Å². The molecule has 0 bridgehead atoms. The summed E-state index contributed by atoms with van der Waals surface area (Å²) in [7, 11) is 0. The van der Waals surface area contributed by atoms with Gasteiger partial charge in [0.2, 0.25) is 0 Å². The first kappa shape index (κ1) is 21.6. The van der Waals surface area contributed by atoms with Crippen LogP contribution >= 0.6 is 0 Å². The van der Waals surface area contributed by atoms with Crippen molar-refractivity contribution in [2.24, 2.45) is 5.92 Å². The van der Waals surface area contributed by atoms with E-state index in [4.69, 9.17) is 0 Å². The number of halogens is 4. The summed E-state index contributed by atoms with van der Waals surface area (Å²) in [4.78, 5) is 0. The Morgan fingerprint density at radius 2 is 1.39 bits per heavy atom. The zero-order chi connectivity index (χ0) is 22.0. The summed E-state index contributed by atoms with van der Waals surface area (Å²) in [5, 5.41) is 0. The molecule has 162 valence electrons. The molecule has 3 aromatic carbocycles. The third-order valence-electron chi connectivity index (χ3n) is 6.65. The largest absolute Gasteiger partial charge is 0.206 e. The molecule has 0 radical (unpaired) electrons. The van der Waals surface area contributed by atoms with Gasteiger partial charge in [0, 0.05) is 0 Å². The molecule has 0 heterocycles. The molecular weight excluding hydrogens is 400 g/mol. The van der Waals surface area contributed by atoms with Crippen LogP contribution in [0.4, 0.5) is 17.6 Å². The van der Waals surface area contributed by atoms with Gasteiger partial charge in [-0.3, -0.25) is 0 Å². The van der Waals surface area contributed by atoms with E-state index in [0.29, 0.717) is 17.4 Å². The topological polar surface area (TPSA) is 0 Å². The molecule has 1 atom stereocenters. The van der Waals surface area contributed by atoms with E-state index in [0.717, 1.165) is 44.2 Å². The molecular formula is C27H26F4. The second kappa shape index (κ2) is 9.25. The fourth-order valence-electron chi connectivity index (χ4n) is 4.90. The van der Waals surface area contributed by atoms with E-state index in [1.807, 2.05) is 6.07 Å². The monoisotopic (exact) mass is 426 g/mol. The van der Waals surface area contributed by atoms with Crippen molar-refractivity contribution in [2.45, 2.75) is 50.9 Å². The molecule has 4 rings (SSSR count). The molecule has 0 aromatic heterocycles. The molecule has 0 N–H and O–H groups in total. The Labute approximate surface area is 180 Å². The average molecular weight is 426 g/mol. The molecule has 0 nitrogen and oxygen atoms in total. The lowest BCUT2D eigenvalue weighted by molar-refractivity contribution is 0.296. The first-order chi connectivity index (χ1) is 14.9. The third kappa shape index (κ3) is 4.84. The standard InChI is InChI=1S/C27H26F4/c1-17(19-5-3-2-4-6-19)13-18-7-9-20(10-8-18)22-15-25(30)27(26(31)16-22)21-11-12-23(28)24(29)14-21/h2-6,11-12,14-18,20H,7-10,13H2,1H3. The summed E-state index contributed by atoms with van der Waals surface area (Å²) in [6.45, 7) is 2.25. The highest BCUT2D eigenvalue weighted by Gasteiger charge is 2.26. The summed E-state index contributed by atoms with van der Waals surface area (Å²) in [6.07, 6.45) is 4.99. The maximum atomic E-state index is 14.8. The van der Waals surface area contributed by atoms with E-state index in [1.165, 1.54) is 23.8 Å². The van der Waals surface area contributed by atoms with Gasteiger partial charge in [-0.25, -0.2) is 17.6 Å². The highest BCUT2D eigenvalue weighted by Crippen LogP contribution is 2.41. The lowest BCUT2D eigenvalue weighted by Gasteiger charge is -2.30. The Morgan fingerprint density at radius 1 is 0.742 bits per heavy atom. The Bertz CT molecular complexity index is 1010. The summed E-state index contributed by atoms with van der Waals surface area (Å²) in [5.74, 6) is -2.41. The molecule has 0 amide bonds. The fraction of sp³-hybridized carbons (Fsp3) is 0.333. The van der Waals surface area contributed by atoms with Crippen molar-refractivity contribution in [1.29, 1.82) is 0 Å². The maximum Gasteiger partial charge on any atom is 0.159 e. The van der Waals surface area contributed by atoms with Crippen molar-refractivity contribution < 1.29 is 17.6 Å². The number of hydrogen-bond acceptors (Lipinski definition) is 0. The Kier molecular flexibility index (Phi) is 6.45. The summed E-state index contributed by atoms with van der Waals surface area (Å²) < 4.78 is 56.2. The van der Waals surface area contributed by atoms with Gasteiger partial charge in [-0.1, -0.05) is 43.3 Å². The minimum atomic E-state index is -1.12. The lowest BCUT2D eigenvalue weighted by atomic mass is 9.75. The summed E-state index contributed by atoms with van der Waals surface area (Å²) in [6, 6.07) is 16.1. The molecule has 3 aromatic rings. The van der Waals surface area contributed by atoms with Crippen LogP contribution in [-0.4, -0.2) is 0 Å². The first-order valence-electron chi connectivity index (χ1n) is 10.9. The van der Waals surface area contributed by atoms with Crippen LogP contribution in [0.15, 0.2) is 60.7 Å². The minimum absolute atomic E-state index is 0.000872. The van der Waals surface area contributed by atoms with Crippen molar-refractivity contribution >= 4 is 0 Å². The molecule has 1 fully saturated rings. The van der Waals surface area contributed by atoms with Crippen LogP contribution in [0.25, 0.3) is 11.1 Å². The van der Waals surface area contributed by atoms with Gasteiger partial charge in [0.25, 0.3) is 0 Å². The van der Waals surface area contributed by atoms with Crippen molar-refractivity contribution in [3.05, 3.63) is 95.1 Å². The van der Waals surface area contributed by atoms with Crippen LogP contribution in [0.2, 0.25) is 0 Å². The van der Waals surface area contributed by atoms with Crippen LogP contribution < -0.4 is 0 Å². The van der Waals surface area contributed by atoms with Crippen LogP contribution in [0.5, 0.6) is 0 Å². The predicted octanol–water partition coefficient (Wildman–Crippen LogP) is 8.38. The molecule has 0 spiro atoms. The summed E-state index contributed by atoms with van der Waals surface area (Å²) >= 11 is 0. The maximum absolute atomic E-state index is 14.8. The molecule has 1 aliphatic carbocycles. The van der Waals surface area contributed by atoms with Gasteiger partial charge in [0.15, 0.2) is 11.6 Å². The van der Waals surface area contributed by atoms with E-state index in [1.54, 1.807) is 0 Å². The predicted molar refractivity (Wildman–Crippen MR) is 116 cm³/mol. The van der Waals surface area contributed by atoms with Crippen LogP contribution in [0.1, 0.15) is 62.0 Å². The minimum Gasteiger partial charge on any atom is -0.206 e. The van der Waals surface area contributed by atoms with Gasteiger partial charge < -0.3 is 0 Å². The molecule has 0 aliphatic heterocycles. The van der Waals surface area contributed by atoms with Gasteiger partial charge in [-0.15, -0.1) is 0 Å². The third-order valence-corrected chi connectivity index (χ3v) is 6.65. The van der Waals surface area contributed by atoms with Crippen LogP contribution in [-0.2, 0) is 0 Å². The summed E-state index contributed by atoms with van der Waals surface area (Å²) in [5.41, 5.74) is 1.68.